The van der Waals surface area contributed by atoms with Crippen LogP contribution in [0.3, 0.4) is 0 Å². The monoisotopic (exact) mass is 256 g/mol. The van der Waals surface area contributed by atoms with Gasteiger partial charge in [0.1, 0.15) is 5.82 Å². The maximum absolute atomic E-state index is 13.1. The van der Waals surface area contributed by atoms with Gasteiger partial charge in [-0.25, -0.2) is 4.39 Å². The van der Waals surface area contributed by atoms with E-state index in [-0.39, 0.29) is 17.8 Å². The summed E-state index contributed by atoms with van der Waals surface area (Å²) in [4.78, 5) is 10.2. The highest BCUT2D eigenvalue weighted by molar-refractivity contribution is 5.40. The Morgan fingerprint density at radius 1 is 1.56 bits per heavy atom. The highest BCUT2D eigenvalue weighted by Crippen LogP contribution is 2.20. The predicted molar refractivity (Wildman–Crippen MR) is 65.7 cm³/mol. The zero-order chi connectivity index (χ0) is 13.9. The van der Waals surface area contributed by atoms with E-state index in [0.29, 0.717) is 0 Å². The Hall–Kier alpha value is -1.53. The Morgan fingerprint density at radius 2 is 2.17 bits per heavy atom. The molecule has 0 aliphatic rings. The van der Waals surface area contributed by atoms with Crippen LogP contribution in [-0.2, 0) is 6.54 Å². The molecule has 1 aromatic rings. The Morgan fingerprint density at radius 3 is 2.67 bits per heavy atom. The van der Waals surface area contributed by atoms with E-state index in [1.165, 1.54) is 0 Å². The third kappa shape index (κ3) is 3.48. The molecule has 1 rings (SSSR count). The minimum atomic E-state index is -0.634. The molecule has 18 heavy (non-hydrogen) atoms. The van der Waals surface area contributed by atoms with E-state index < -0.39 is 22.4 Å². The average Bonchev–Trinajstić information content (AvgIpc) is 2.26. The van der Waals surface area contributed by atoms with Crippen LogP contribution in [0.1, 0.15) is 26.3 Å². The summed E-state index contributed by atoms with van der Waals surface area (Å²) < 4.78 is 13.1. The first-order valence-electron chi connectivity index (χ1n) is 5.60. The fraction of sp³-hybridized carbons (Fsp3) is 0.500. The highest BCUT2D eigenvalue weighted by Gasteiger charge is 2.24. The molecule has 5 nitrogen and oxygen atoms in total. The third-order valence-corrected chi connectivity index (χ3v) is 3.02. The van der Waals surface area contributed by atoms with Crippen LogP contribution in [-0.4, -0.2) is 21.7 Å². The minimum Gasteiger partial charge on any atom is -0.392 e. The number of hydrogen-bond donors (Lipinski definition) is 2. The molecule has 0 amide bonds. The number of halogens is 1. The number of aliphatic hydroxyl groups is 1. The molecule has 0 saturated heterocycles. The van der Waals surface area contributed by atoms with Gasteiger partial charge in [0.15, 0.2) is 0 Å². The van der Waals surface area contributed by atoms with Crippen molar-refractivity contribution in [3.05, 3.63) is 39.7 Å². The van der Waals surface area contributed by atoms with E-state index in [2.05, 4.69) is 5.32 Å². The summed E-state index contributed by atoms with van der Waals surface area (Å²) in [6.45, 7) is 5.27. The predicted octanol–water partition coefficient (Wildman–Crippen LogP) is 1.98. The van der Waals surface area contributed by atoms with Crippen LogP contribution in [0, 0.1) is 15.9 Å². The van der Waals surface area contributed by atoms with Crippen LogP contribution in [0.4, 0.5) is 10.1 Å². The van der Waals surface area contributed by atoms with Gasteiger partial charge in [-0.3, -0.25) is 10.1 Å². The summed E-state index contributed by atoms with van der Waals surface area (Å²) in [5.74, 6) is -0.521. The zero-order valence-corrected chi connectivity index (χ0v) is 10.6. The van der Waals surface area contributed by atoms with Gasteiger partial charge >= 0.3 is 0 Å². The van der Waals surface area contributed by atoms with Crippen LogP contribution >= 0.6 is 0 Å². The van der Waals surface area contributed by atoms with E-state index in [9.17, 15) is 19.6 Å². The van der Waals surface area contributed by atoms with Crippen LogP contribution in [0.5, 0.6) is 0 Å². The second-order valence-corrected chi connectivity index (χ2v) is 4.78. The lowest BCUT2D eigenvalue weighted by atomic mass is 9.98. The van der Waals surface area contributed by atoms with Crippen LogP contribution in [0.15, 0.2) is 18.2 Å². The number of benzene rings is 1. The van der Waals surface area contributed by atoms with E-state index in [0.717, 1.165) is 18.2 Å². The highest BCUT2D eigenvalue weighted by atomic mass is 19.1. The summed E-state index contributed by atoms with van der Waals surface area (Å²) in [6, 6.07) is 3.33. The lowest BCUT2D eigenvalue weighted by molar-refractivity contribution is -0.385. The van der Waals surface area contributed by atoms with Gasteiger partial charge in [0.25, 0.3) is 5.69 Å². The van der Waals surface area contributed by atoms with Gasteiger partial charge in [0.05, 0.1) is 11.0 Å². The summed E-state index contributed by atoms with van der Waals surface area (Å²) in [5, 5.41) is 23.3. The first kappa shape index (κ1) is 14.5. The Bertz CT molecular complexity index is 447. The lowest BCUT2D eigenvalue weighted by Gasteiger charge is -2.29. The van der Waals surface area contributed by atoms with Crippen LogP contribution in [0.2, 0.25) is 0 Å². The molecule has 0 aromatic heterocycles. The SMILES string of the molecule is CC(O)C(C)(C)NCc1cc(F)ccc1[N+](=O)[O-]. The number of aliphatic hydroxyl groups excluding tert-OH is 1. The molecule has 0 saturated carbocycles. The first-order valence-corrected chi connectivity index (χ1v) is 5.60. The molecular weight excluding hydrogens is 239 g/mol. The number of hydrogen-bond acceptors (Lipinski definition) is 4. The number of nitro groups is 1. The molecule has 0 bridgehead atoms. The van der Waals surface area contributed by atoms with Crippen LogP contribution < -0.4 is 5.32 Å². The van der Waals surface area contributed by atoms with Gasteiger partial charge in [0.2, 0.25) is 0 Å². The summed E-state index contributed by atoms with van der Waals surface area (Å²) in [6.07, 6.45) is -0.634. The lowest BCUT2D eigenvalue weighted by Crippen LogP contribution is -2.47. The standard InChI is InChI=1S/C12H17FN2O3/c1-8(16)12(2,3)14-7-9-6-10(13)4-5-11(9)15(17)18/h4-6,8,14,16H,7H2,1-3H3. The Balaban J connectivity index is 2.90. The quantitative estimate of drug-likeness (QED) is 0.624. The smallest absolute Gasteiger partial charge is 0.274 e. The maximum atomic E-state index is 13.1. The van der Waals surface area contributed by atoms with Gasteiger partial charge in [-0.1, -0.05) is 0 Å². The molecule has 1 unspecified atom stereocenters. The minimum absolute atomic E-state index is 0.117. The number of nitrogens with one attached hydrogen (secondary N) is 1. The van der Waals surface area contributed by atoms with Gasteiger partial charge in [0, 0.05) is 23.7 Å². The number of nitrogens with zero attached hydrogens (tertiary/aromatic N) is 1. The van der Waals surface area contributed by atoms with Gasteiger partial charge in [-0.15, -0.1) is 0 Å². The third-order valence-electron chi connectivity index (χ3n) is 3.02. The van der Waals surface area contributed by atoms with E-state index in [1.807, 2.05) is 0 Å². The van der Waals surface area contributed by atoms with E-state index >= 15 is 0 Å². The fourth-order valence-electron chi connectivity index (χ4n) is 1.34. The van der Waals surface area contributed by atoms with E-state index in [1.54, 1.807) is 20.8 Å². The molecule has 1 aromatic carbocycles. The second kappa shape index (κ2) is 5.41. The van der Waals surface area contributed by atoms with Crippen molar-refractivity contribution >= 4 is 5.69 Å². The van der Waals surface area contributed by atoms with Gasteiger partial charge < -0.3 is 10.4 Å². The molecular formula is C12H17FN2O3. The number of nitro benzene ring substituents is 1. The van der Waals surface area contributed by atoms with Crippen molar-refractivity contribution in [1.29, 1.82) is 0 Å². The summed E-state index contributed by atoms with van der Waals surface area (Å²) in [5.41, 5.74) is -0.487. The molecule has 1 atom stereocenters. The average molecular weight is 256 g/mol. The van der Waals surface area contributed by atoms with Crippen LogP contribution in [0.25, 0.3) is 0 Å². The summed E-state index contributed by atoms with van der Waals surface area (Å²) >= 11 is 0. The molecule has 0 aliphatic heterocycles. The molecule has 0 spiro atoms. The summed E-state index contributed by atoms with van der Waals surface area (Å²) in [7, 11) is 0. The maximum Gasteiger partial charge on any atom is 0.274 e. The van der Waals surface area contributed by atoms with Crippen molar-refractivity contribution in [3.8, 4) is 0 Å². The van der Waals surface area contributed by atoms with Crippen molar-refractivity contribution in [2.45, 2.75) is 39.0 Å². The fourth-order valence-corrected chi connectivity index (χ4v) is 1.34. The Labute approximate surface area is 105 Å². The van der Waals surface area contributed by atoms with Crippen molar-refractivity contribution < 1.29 is 14.4 Å². The zero-order valence-electron chi connectivity index (χ0n) is 10.6. The molecule has 6 heteroatoms. The van der Waals surface area contributed by atoms with Crippen molar-refractivity contribution in [1.82, 2.24) is 5.32 Å². The molecule has 0 radical (unpaired) electrons. The van der Waals surface area contributed by atoms with Crippen molar-refractivity contribution in [2.75, 3.05) is 0 Å². The topological polar surface area (TPSA) is 75.4 Å². The molecule has 0 fully saturated rings. The number of rotatable bonds is 5. The first-order chi connectivity index (χ1) is 8.24. The second-order valence-electron chi connectivity index (χ2n) is 4.78. The molecule has 2 N–H and O–H groups in total. The van der Waals surface area contributed by atoms with E-state index in [4.69, 9.17) is 0 Å². The van der Waals surface area contributed by atoms with Gasteiger partial charge in [-0.2, -0.15) is 0 Å². The molecule has 0 heterocycles. The molecule has 0 aliphatic carbocycles. The molecule has 100 valence electrons. The van der Waals surface area contributed by atoms with Crippen molar-refractivity contribution in [3.63, 3.8) is 0 Å². The normalized spacial score (nSPS) is 13.4. The Kier molecular flexibility index (Phi) is 4.37. The van der Waals surface area contributed by atoms with Crippen molar-refractivity contribution in [2.24, 2.45) is 0 Å². The largest absolute Gasteiger partial charge is 0.392 e. The van der Waals surface area contributed by atoms with Gasteiger partial charge in [-0.05, 0) is 32.9 Å².